The van der Waals surface area contributed by atoms with Crippen LogP contribution in [-0.2, 0) is 9.53 Å². The van der Waals surface area contributed by atoms with Crippen molar-refractivity contribution >= 4 is 11.6 Å². The standard InChI is InChI=1S/C21H27N3O4/c25-20(7-4-13-27-19-5-2-1-3-6-19)23-18-8-9-21(22-17-18)28-16-12-24-10-14-26-15-11-24/h1-3,5-6,8-9,17H,4,7,10-16H2,(H,23,25). The minimum atomic E-state index is -0.0561. The zero-order valence-corrected chi connectivity index (χ0v) is 16.0. The van der Waals surface area contributed by atoms with Gasteiger partial charge in [0.1, 0.15) is 12.4 Å². The van der Waals surface area contributed by atoms with Crippen molar-refractivity contribution in [3.8, 4) is 11.6 Å². The molecule has 2 aromatic rings. The van der Waals surface area contributed by atoms with Crippen LogP contribution in [0.4, 0.5) is 5.69 Å². The van der Waals surface area contributed by atoms with Crippen LogP contribution in [0.2, 0.25) is 0 Å². The second-order valence-electron chi connectivity index (χ2n) is 6.50. The van der Waals surface area contributed by atoms with Crippen molar-refractivity contribution in [3.05, 3.63) is 48.7 Å². The van der Waals surface area contributed by atoms with E-state index in [0.717, 1.165) is 38.6 Å². The van der Waals surface area contributed by atoms with Crippen molar-refractivity contribution in [1.29, 1.82) is 0 Å². The Labute approximate surface area is 165 Å². The highest BCUT2D eigenvalue weighted by Gasteiger charge is 2.10. The number of benzene rings is 1. The summed E-state index contributed by atoms with van der Waals surface area (Å²) in [6.45, 7) is 5.40. The van der Waals surface area contributed by atoms with Crippen molar-refractivity contribution in [1.82, 2.24) is 9.88 Å². The molecule has 1 N–H and O–H groups in total. The zero-order chi connectivity index (χ0) is 19.4. The molecule has 1 aromatic carbocycles. The molecule has 0 atom stereocenters. The molecule has 0 bridgehead atoms. The predicted octanol–water partition coefficient (Wildman–Crippen LogP) is 2.59. The molecule has 7 nitrogen and oxygen atoms in total. The SMILES string of the molecule is O=C(CCCOc1ccccc1)Nc1ccc(OCCN2CCOCC2)nc1. The Morgan fingerprint density at radius 2 is 1.89 bits per heavy atom. The molecule has 7 heteroatoms. The maximum absolute atomic E-state index is 12.0. The largest absolute Gasteiger partial charge is 0.494 e. The van der Waals surface area contributed by atoms with Gasteiger partial charge in [0.15, 0.2) is 0 Å². The summed E-state index contributed by atoms with van der Waals surface area (Å²) in [5, 5.41) is 2.84. The van der Waals surface area contributed by atoms with E-state index in [0.29, 0.717) is 37.6 Å². The van der Waals surface area contributed by atoms with Crippen LogP contribution in [0.1, 0.15) is 12.8 Å². The zero-order valence-electron chi connectivity index (χ0n) is 16.0. The Morgan fingerprint density at radius 3 is 2.64 bits per heavy atom. The molecule has 1 aromatic heterocycles. The third kappa shape index (κ3) is 7.17. The van der Waals surface area contributed by atoms with Gasteiger partial charge in [-0.15, -0.1) is 0 Å². The lowest BCUT2D eigenvalue weighted by atomic mass is 10.3. The number of nitrogens with one attached hydrogen (secondary N) is 1. The molecule has 0 saturated carbocycles. The van der Waals surface area contributed by atoms with Gasteiger partial charge in [-0.1, -0.05) is 18.2 Å². The Morgan fingerprint density at radius 1 is 1.07 bits per heavy atom. The third-order valence-electron chi connectivity index (χ3n) is 4.34. The van der Waals surface area contributed by atoms with Gasteiger partial charge >= 0.3 is 0 Å². The van der Waals surface area contributed by atoms with E-state index in [9.17, 15) is 4.79 Å². The van der Waals surface area contributed by atoms with Gasteiger partial charge in [0, 0.05) is 32.1 Å². The van der Waals surface area contributed by atoms with E-state index in [1.165, 1.54) is 0 Å². The lowest BCUT2D eigenvalue weighted by Crippen LogP contribution is -2.38. The summed E-state index contributed by atoms with van der Waals surface area (Å²) in [5.74, 6) is 1.32. The van der Waals surface area contributed by atoms with Crippen LogP contribution < -0.4 is 14.8 Å². The van der Waals surface area contributed by atoms with E-state index >= 15 is 0 Å². The van der Waals surface area contributed by atoms with Gasteiger partial charge < -0.3 is 19.5 Å². The molecule has 0 radical (unpaired) electrons. The minimum absolute atomic E-state index is 0.0561. The number of morpholine rings is 1. The first-order valence-electron chi connectivity index (χ1n) is 9.66. The molecule has 0 spiro atoms. The summed E-state index contributed by atoms with van der Waals surface area (Å²) in [6.07, 6.45) is 2.66. The van der Waals surface area contributed by atoms with Crippen molar-refractivity contribution < 1.29 is 19.0 Å². The normalized spacial score (nSPS) is 14.4. The smallest absolute Gasteiger partial charge is 0.224 e. The highest BCUT2D eigenvalue weighted by atomic mass is 16.5. The van der Waals surface area contributed by atoms with Gasteiger partial charge in [-0.3, -0.25) is 9.69 Å². The number of nitrogens with zero attached hydrogens (tertiary/aromatic N) is 2. The molecule has 1 aliphatic rings. The van der Waals surface area contributed by atoms with Gasteiger partial charge in [-0.2, -0.15) is 0 Å². The molecule has 0 unspecified atom stereocenters. The van der Waals surface area contributed by atoms with Crippen LogP contribution in [0.5, 0.6) is 11.6 Å². The monoisotopic (exact) mass is 385 g/mol. The van der Waals surface area contributed by atoms with E-state index in [1.54, 1.807) is 18.3 Å². The van der Waals surface area contributed by atoms with E-state index < -0.39 is 0 Å². The molecule has 1 saturated heterocycles. The summed E-state index contributed by atoms with van der Waals surface area (Å²) < 4.78 is 16.6. The summed E-state index contributed by atoms with van der Waals surface area (Å²) >= 11 is 0. The van der Waals surface area contributed by atoms with E-state index in [2.05, 4.69) is 15.2 Å². The molecule has 1 aliphatic heterocycles. The molecule has 1 amide bonds. The van der Waals surface area contributed by atoms with Gasteiger partial charge in [0.2, 0.25) is 11.8 Å². The first-order chi connectivity index (χ1) is 13.8. The van der Waals surface area contributed by atoms with Gasteiger partial charge in [-0.05, 0) is 24.6 Å². The fourth-order valence-corrected chi connectivity index (χ4v) is 2.81. The number of amides is 1. The molecule has 28 heavy (non-hydrogen) atoms. The number of rotatable bonds is 10. The molecular formula is C21H27N3O4. The van der Waals surface area contributed by atoms with E-state index in [-0.39, 0.29) is 5.91 Å². The Bertz CT molecular complexity index is 703. The van der Waals surface area contributed by atoms with Gasteiger partial charge in [0.05, 0.1) is 31.7 Å². The maximum atomic E-state index is 12.0. The number of ether oxygens (including phenoxy) is 3. The van der Waals surface area contributed by atoms with Crippen LogP contribution in [-0.4, -0.2) is 61.9 Å². The van der Waals surface area contributed by atoms with Crippen molar-refractivity contribution in [2.75, 3.05) is 51.4 Å². The Hall–Kier alpha value is -2.64. The van der Waals surface area contributed by atoms with Crippen molar-refractivity contribution in [2.24, 2.45) is 0 Å². The number of carbonyl (C=O) groups is 1. The molecule has 150 valence electrons. The Kier molecular flexibility index (Phi) is 8.08. The average Bonchev–Trinajstić information content (AvgIpc) is 2.74. The third-order valence-corrected chi connectivity index (χ3v) is 4.34. The highest BCUT2D eigenvalue weighted by Crippen LogP contribution is 2.13. The summed E-state index contributed by atoms with van der Waals surface area (Å²) in [7, 11) is 0. The first-order valence-corrected chi connectivity index (χ1v) is 9.66. The Balaban J connectivity index is 1.30. The predicted molar refractivity (Wildman–Crippen MR) is 107 cm³/mol. The fraction of sp³-hybridized carbons (Fsp3) is 0.429. The summed E-state index contributed by atoms with van der Waals surface area (Å²) in [6, 6.07) is 13.2. The second-order valence-corrected chi connectivity index (χ2v) is 6.50. The topological polar surface area (TPSA) is 72.9 Å². The number of para-hydroxylation sites is 1. The first kappa shape index (κ1) is 20.1. The van der Waals surface area contributed by atoms with Crippen LogP contribution in [0.15, 0.2) is 48.7 Å². The number of anilines is 1. The fourth-order valence-electron chi connectivity index (χ4n) is 2.81. The number of hydrogen-bond acceptors (Lipinski definition) is 6. The lowest BCUT2D eigenvalue weighted by molar-refractivity contribution is -0.116. The average molecular weight is 385 g/mol. The van der Waals surface area contributed by atoms with Crippen LogP contribution in [0, 0.1) is 0 Å². The molecule has 0 aliphatic carbocycles. The number of hydrogen-bond donors (Lipinski definition) is 1. The number of carbonyl (C=O) groups excluding carboxylic acids is 1. The molecule has 1 fully saturated rings. The van der Waals surface area contributed by atoms with Crippen LogP contribution in [0.25, 0.3) is 0 Å². The quantitative estimate of drug-likeness (QED) is 0.634. The van der Waals surface area contributed by atoms with Crippen molar-refractivity contribution in [2.45, 2.75) is 12.8 Å². The van der Waals surface area contributed by atoms with Gasteiger partial charge in [0.25, 0.3) is 0 Å². The maximum Gasteiger partial charge on any atom is 0.224 e. The molecule has 2 heterocycles. The lowest BCUT2D eigenvalue weighted by Gasteiger charge is -2.26. The van der Waals surface area contributed by atoms with Crippen LogP contribution in [0.3, 0.4) is 0 Å². The summed E-state index contributed by atoms with van der Waals surface area (Å²) in [5.41, 5.74) is 0.662. The molecule has 3 rings (SSSR count). The minimum Gasteiger partial charge on any atom is -0.494 e. The second kappa shape index (κ2) is 11.3. The van der Waals surface area contributed by atoms with Gasteiger partial charge in [-0.25, -0.2) is 4.98 Å². The summed E-state index contributed by atoms with van der Waals surface area (Å²) in [4.78, 5) is 18.6. The number of pyridine rings is 1. The van der Waals surface area contributed by atoms with Crippen molar-refractivity contribution in [3.63, 3.8) is 0 Å². The van der Waals surface area contributed by atoms with E-state index in [4.69, 9.17) is 14.2 Å². The molecular weight excluding hydrogens is 358 g/mol. The van der Waals surface area contributed by atoms with E-state index in [1.807, 2.05) is 30.3 Å². The number of aromatic nitrogens is 1. The van der Waals surface area contributed by atoms with Crippen LogP contribution >= 0.6 is 0 Å². The highest BCUT2D eigenvalue weighted by molar-refractivity contribution is 5.90.